The van der Waals surface area contributed by atoms with Gasteiger partial charge in [-0.2, -0.15) is 9.61 Å². The number of anilines is 1. The van der Waals surface area contributed by atoms with Crippen LogP contribution in [0.4, 0.5) is 10.1 Å². The SMILES string of the molecule is Cc1ccccc1NC(=O)CSc1ccc2nnc(-c3ccc(F)cc3)n2n1. The average Bonchev–Trinajstić information content (AvgIpc) is 3.12. The Hall–Kier alpha value is -3.26. The van der Waals surface area contributed by atoms with E-state index in [4.69, 9.17) is 0 Å². The molecule has 8 heteroatoms. The Balaban J connectivity index is 1.50. The van der Waals surface area contributed by atoms with Gasteiger partial charge in [0.25, 0.3) is 0 Å². The van der Waals surface area contributed by atoms with Gasteiger partial charge in [0.2, 0.25) is 5.91 Å². The fourth-order valence-corrected chi connectivity index (χ4v) is 3.32. The maximum Gasteiger partial charge on any atom is 0.234 e. The molecular formula is C20H16FN5OS. The Morgan fingerprint density at radius 2 is 1.86 bits per heavy atom. The number of rotatable bonds is 5. The van der Waals surface area contributed by atoms with Crippen molar-refractivity contribution >= 4 is 29.0 Å². The Morgan fingerprint density at radius 1 is 1.07 bits per heavy atom. The van der Waals surface area contributed by atoms with E-state index in [-0.39, 0.29) is 17.5 Å². The van der Waals surface area contributed by atoms with Gasteiger partial charge in [0.05, 0.1) is 5.75 Å². The monoisotopic (exact) mass is 393 g/mol. The Kier molecular flexibility index (Phi) is 5.03. The maximum absolute atomic E-state index is 13.2. The molecule has 2 aromatic carbocycles. The van der Waals surface area contributed by atoms with Crippen molar-refractivity contribution in [3.05, 3.63) is 72.0 Å². The molecule has 0 spiro atoms. The van der Waals surface area contributed by atoms with Crippen LogP contribution in [-0.4, -0.2) is 31.5 Å². The Morgan fingerprint density at radius 3 is 2.64 bits per heavy atom. The number of halogens is 1. The molecule has 2 heterocycles. The van der Waals surface area contributed by atoms with Crippen LogP contribution >= 0.6 is 11.8 Å². The van der Waals surface area contributed by atoms with E-state index < -0.39 is 0 Å². The minimum Gasteiger partial charge on any atom is -0.325 e. The lowest BCUT2D eigenvalue weighted by Gasteiger charge is -2.07. The molecule has 0 aliphatic heterocycles. The number of hydrogen-bond acceptors (Lipinski definition) is 5. The number of nitrogens with one attached hydrogen (secondary N) is 1. The van der Waals surface area contributed by atoms with Gasteiger partial charge in [-0.1, -0.05) is 30.0 Å². The van der Waals surface area contributed by atoms with E-state index in [1.807, 2.05) is 31.2 Å². The molecule has 0 bridgehead atoms. The van der Waals surface area contributed by atoms with Gasteiger partial charge in [-0.3, -0.25) is 4.79 Å². The highest BCUT2D eigenvalue weighted by atomic mass is 32.2. The Bertz CT molecular complexity index is 1140. The van der Waals surface area contributed by atoms with Crippen molar-refractivity contribution in [2.24, 2.45) is 0 Å². The predicted octanol–water partition coefficient (Wildman–Crippen LogP) is 3.97. The summed E-state index contributed by atoms with van der Waals surface area (Å²) in [7, 11) is 0. The molecule has 0 radical (unpaired) electrons. The van der Waals surface area contributed by atoms with Gasteiger partial charge in [-0.05, 0) is 55.0 Å². The second kappa shape index (κ2) is 7.77. The van der Waals surface area contributed by atoms with E-state index in [1.54, 1.807) is 28.8 Å². The molecule has 140 valence electrons. The van der Waals surface area contributed by atoms with Gasteiger partial charge in [-0.15, -0.1) is 10.2 Å². The van der Waals surface area contributed by atoms with E-state index in [0.717, 1.165) is 11.3 Å². The number of fused-ring (bicyclic) bond motifs is 1. The van der Waals surface area contributed by atoms with E-state index in [1.165, 1.54) is 23.9 Å². The number of aryl methyl sites for hydroxylation is 1. The lowest BCUT2D eigenvalue weighted by atomic mass is 10.2. The van der Waals surface area contributed by atoms with Crippen LogP contribution < -0.4 is 5.32 Å². The number of nitrogens with zero attached hydrogens (tertiary/aromatic N) is 4. The number of aromatic nitrogens is 4. The molecular weight excluding hydrogens is 377 g/mol. The van der Waals surface area contributed by atoms with Gasteiger partial charge in [0, 0.05) is 11.3 Å². The second-order valence-electron chi connectivity index (χ2n) is 6.12. The summed E-state index contributed by atoms with van der Waals surface area (Å²) in [5.41, 5.74) is 3.09. The summed E-state index contributed by atoms with van der Waals surface area (Å²) in [5, 5.41) is 16.3. The molecule has 6 nitrogen and oxygen atoms in total. The van der Waals surface area contributed by atoms with Gasteiger partial charge in [0.15, 0.2) is 11.5 Å². The molecule has 4 aromatic rings. The van der Waals surface area contributed by atoms with Gasteiger partial charge in [-0.25, -0.2) is 4.39 Å². The van der Waals surface area contributed by atoms with Crippen molar-refractivity contribution in [2.45, 2.75) is 11.9 Å². The standard InChI is InChI=1S/C20H16FN5OS/c1-13-4-2-3-5-16(13)22-18(27)12-28-19-11-10-17-23-24-20(26(17)25-19)14-6-8-15(21)9-7-14/h2-11H,12H2,1H3,(H,22,27). The van der Waals surface area contributed by atoms with Crippen molar-refractivity contribution in [1.29, 1.82) is 0 Å². The van der Waals surface area contributed by atoms with Crippen molar-refractivity contribution < 1.29 is 9.18 Å². The normalized spacial score (nSPS) is 10.9. The second-order valence-corrected chi connectivity index (χ2v) is 7.12. The molecule has 4 rings (SSSR count). The molecule has 0 aliphatic carbocycles. The number of para-hydroxylation sites is 1. The first-order chi connectivity index (χ1) is 13.6. The third kappa shape index (κ3) is 3.86. The van der Waals surface area contributed by atoms with Crippen molar-refractivity contribution in [1.82, 2.24) is 19.8 Å². The number of carbonyl (C=O) groups is 1. The quantitative estimate of drug-likeness (QED) is 0.520. The molecule has 1 amide bonds. The third-order valence-electron chi connectivity index (χ3n) is 4.11. The number of benzene rings is 2. The molecule has 2 aromatic heterocycles. The van der Waals surface area contributed by atoms with Crippen LogP contribution in [0, 0.1) is 12.7 Å². The number of thioether (sulfide) groups is 1. The fraction of sp³-hybridized carbons (Fsp3) is 0.100. The summed E-state index contributed by atoms with van der Waals surface area (Å²) >= 11 is 1.32. The first kappa shape index (κ1) is 18.1. The van der Waals surface area contributed by atoms with Crippen LogP contribution in [-0.2, 0) is 4.79 Å². The highest BCUT2D eigenvalue weighted by molar-refractivity contribution is 7.99. The summed E-state index contributed by atoms with van der Waals surface area (Å²) in [6.07, 6.45) is 0. The summed E-state index contributed by atoms with van der Waals surface area (Å²) in [6, 6.07) is 17.2. The van der Waals surface area contributed by atoms with Crippen molar-refractivity contribution in [2.75, 3.05) is 11.1 Å². The zero-order valence-corrected chi connectivity index (χ0v) is 15.8. The van der Waals surface area contributed by atoms with Crippen molar-refractivity contribution in [3.63, 3.8) is 0 Å². The summed E-state index contributed by atoms with van der Waals surface area (Å²) in [4.78, 5) is 12.2. The lowest BCUT2D eigenvalue weighted by molar-refractivity contribution is -0.113. The number of amides is 1. The zero-order valence-electron chi connectivity index (χ0n) is 15.0. The van der Waals surface area contributed by atoms with Gasteiger partial charge >= 0.3 is 0 Å². The van der Waals surface area contributed by atoms with Crippen molar-refractivity contribution in [3.8, 4) is 11.4 Å². The third-order valence-corrected chi connectivity index (χ3v) is 5.03. The molecule has 0 fully saturated rings. The van der Waals surface area contributed by atoms with E-state index >= 15 is 0 Å². The first-order valence-electron chi connectivity index (χ1n) is 8.57. The summed E-state index contributed by atoms with van der Waals surface area (Å²) < 4.78 is 14.8. The molecule has 28 heavy (non-hydrogen) atoms. The predicted molar refractivity (Wildman–Crippen MR) is 107 cm³/mol. The smallest absolute Gasteiger partial charge is 0.234 e. The Labute approximate surface area is 164 Å². The summed E-state index contributed by atoms with van der Waals surface area (Å²) in [5.74, 6) is 0.313. The molecule has 0 aliphatic rings. The minimum atomic E-state index is -0.318. The van der Waals surface area contributed by atoms with Crippen LogP contribution in [0.1, 0.15) is 5.56 Å². The highest BCUT2D eigenvalue weighted by Crippen LogP contribution is 2.21. The van der Waals surface area contributed by atoms with Crippen LogP contribution in [0.15, 0.2) is 65.7 Å². The minimum absolute atomic E-state index is 0.108. The largest absolute Gasteiger partial charge is 0.325 e. The topological polar surface area (TPSA) is 72.2 Å². The molecule has 0 atom stereocenters. The van der Waals surface area contributed by atoms with E-state index in [9.17, 15) is 9.18 Å². The zero-order chi connectivity index (χ0) is 19.5. The molecule has 0 saturated heterocycles. The fourth-order valence-electron chi connectivity index (χ4n) is 2.67. The molecule has 0 unspecified atom stereocenters. The lowest BCUT2D eigenvalue weighted by Crippen LogP contribution is -2.15. The first-order valence-corrected chi connectivity index (χ1v) is 9.55. The van der Waals surface area contributed by atoms with E-state index in [2.05, 4.69) is 20.6 Å². The molecule has 1 N–H and O–H groups in total. The molecule has 0 saturated carbocycles. The summed E-state index contributed by atoms with van der Waals surface area (Å²) in [6.45, 7) is 1.95. The van der Waals surface area contributed by atoms with Gasteiger partial charge < -0.3 is 5.32 Å². The van der Waals surface area contributed by atoms with Crippen LogP contribution in [0.25, 0.3) is 17.0 Å². The number of carbonyl (C=O) groups excluding carboxylic acids is 1. The van der Waals surface area contributed by atoms with E-state index in [0.29, 0.717) is 22.1 Å². The van der Waals surface area contributed by atoms with Crippen LogP contribution in [0.2, 0.25) is 0 Å². The number of hydrogen-bond donors (Lipinski definition) is 1. The van der Waals surface area contributed by atoms with Crippen LogP contribution in [0.5, 0.6) is 0 Å². The maximum atomic E-state index is 13.2. The highest BCUT2D eigenvalue weighted by Gasteiger charge is 2.12. The average molecular weight is 393 g/mol. The van der Waals surface area contributed by atoms with Gasteiger partial charge in [0.1, 0.15) is 10.8 Å². The van der Waals surface area contributed by atoms with Crippen LogP contribution in [0.3, 0.4) is 0 Å².